The van der Waals surface area contributed by atoms with E-state index in [4.69, 9.17) is 0 Å². The second kappa shape index (κ2) is 7.99. The smallest absolute Gasteiger partial charge is 0.213 e. The fourth-order valence-corrected chi connectivity index (χ4v) is 4.20. The molecule has 0 aliphatic carbocycles. The fraction of sp³-hybridized carbons (Fsp3) is 0.240. The van der Waals surface area contributed by atoms with Gasteiger partial charge >= 0.3 is 0 Å². The number of rotatable bonds is 6. The second-order valence-corrected chi connectivity index (χ2v) is 7.00. The van der Waals surface area contributed by atoms with Crippen LogP contribution in [0.25, 0.3) is 32.9 Å². The number of aliphatic hydroxyl groups is 1. The average Bonchev–Trinajstić information content (AvgIpc) is 2.75. The quantitative estimate of drug-likeness (QED) is 0.390. The third kappa shape index (κ3) is 3.12. The Morgan fingerprint density at radius 1 is 0.750 bits per heavy atom. The predicted molar refractivity (Wildman–Crippen MR) is 118 cm³/mol. The molecule has 0 fully saturated rings. The minimum Gasteiger partial charge on any atom is -0.390 e. The van der Waals surface area contributed by atoms with E-state index in [1.807, 2.05) is 0 Å². The minimum absolute atomic E-state index is 0.122. The van der Waals surface area contributed by atoms with Gasteiger partial charge in [0.05, 0.1) is 10.8 Å². The lowest BCUT2D eigenvalue weighted by molar-refractivity contribution is -0.646. The van der Waals surface area contributed by atoms with Crippen molar-refractivity contribution >= 4 is 27.5 Å². The number of fused-ring (bicyclic) bond motifs is 2. The van der Waals surface area contributed by atoms with Crippen molar-refractivity contribution < 1.29 is 9.67 Å². The molecule has 0 saturated heterocycles. The highest BCUT2D eigenvalue weighted by Gasteiger charge is 2.20. The summed E-state index contributed by atoms with van der Waals surface area (Å²) in [5.74, 6) is 0. The molecule has 4 rings (SSSR count). The van der Waals surface area contributed by atoms with E-state index in [-0.39, 0.29) is 6.61 Å². The first-order valence-electron chi connectivity index (χ1n) is 10.1. The Kier molecular flexibility index (Phi) is 5.27. The van der Waals surface area contributed by atoms with Gasteiger partial charge in [-0.2, -0.15) is 4.57 Å². The first-order chi connectivity index (χ1) is 13.8. The summed E-state index contributed by atoms with van der Waals surface area (Å²) in [6, 6.07) is 25.9. The number of benzene rings is 3. The van der Waals surface area contributed by atoms with Gasteiger partial charge in [-0.1, -0.05) is 36.4 Å². The maximum Gasteiger partial charge on any atom is 0.213 e. The zero-order valence-electron chi connectivity index (χ0n) is 16.6. The summed E-state index contributed by atoms with van der Waals surface area (Å²) in [5.41, 5.74) is 6.04. The zero-order valence-corrected chi connectivity index (χ0v) is 16.6. The summed E-state index contributed by atoms with van der Waals surface area (Å²) < 4.78 is 2.22. The van der Waals surface area contributed by atoms with E-state index in [0.29, 0.717) is 6.54 Å². The molecular formula is C25H27N2O+. The summed E-state index contributed by atoms with van der Waals surface area (Å²) in [6.45, 7) is 7.10. The van der Waals surface area contributed by atoms with Gasteiger partial charge in [0.1, 0.15) is 6.61 Å². The summed E-state index contributed by atoms with van der Waals surface area (Å²) in [5, 5.41) is 12.1. The Hall–Kier alpha value is -2.91. The van der Waals surface area contributed by atoms with E-state index in [0.717, 1.165) is 24.1 Å². The minimum atomic E-state index is 0.122. The third-order valence-corrected chi connectivity index (χ3v) is 5.54. The average molecular weight is 372 g/mol. The Morgan fingerprint density at radius 3 is 1.79 bits per heavy atom. The summed E-state index contributed by atoms with van der Waals surface area (Å²) in [4.78, 5) is 2.36. The topological polar surface area (TPSA) is 27.4 Å². The van der Waals surface area contributed by atoms with E-state index in [1.54, 1.807) is 0 Å². The van der Waals surface area contributed by atoms with Gasteiger partial charge in [0.2, 0.25) is 11.0 Å². The first kappa shape index (κ1) is 18.5. The van der Waals surface area contributed by atoms with E-state index < -0.39 is 0 Å². The first-order valence-corrected chi connectivity index (χ1v) is 10.1. The van der Waals surface area contributed by atoms with E-state index >= 15 is 0 Å². The van der Waals surface area contributed by atoms with Crippen LogP contribution in [0.15, 0.2) is 72.8 Å². The van der Waals surface area contributed by atoms with Crippen LogP contribution in [-0.2, 0) is 6.54 Å². The van der Waals surface area contributed by atoms with Crippen molar-refractivity contribution in [1.29, 1.82) is 0 Å². The van der Waals surface area contributed by atoms with Crippen LogP contribution in [-0.4, -0.2) is 24.8 Å². The molecule has 1 N–H and O–H groups in total. The molecule has 0 aliphatic rings. The van der Waals surface area contributed by atoms with E-state index in [2.05, 4.69) is 96.1 Å². The molecule has 3 heteroatoms. The maximum absolute atomic E-state index is 9.63. The number of para-hydroxylation sites is 2. The van der Waals surface area contributed by atoms with Gasteiger partial charge in [0.25, 0.3) is 0 Å². The van der Waals surface area contributed by atoms with E-state index in [9.17, 15) is 5.11 Å². The molecule has 0 radical (unpaired) electrons. The van der Waals surface area contributed by atoms with Crippen LogP contribution in [0, 0.1) is 0 Å². The normalized spacial score (nSPS) is 11.2. The lowest BCUT2D eigenvalue weighted by Gasteiger charge is -2.21. The molecule has 0 unspecified atom stereocenters. The lowest BCUT2D eigenvalue weighted by atomic mass is 9.95. The fourth-order valence-electron chi connectivity index (χ4n) is 4.20. The van der Waals surface area contributed by atoms with Crippen LogP contribution in [0.1, 0.15) is 13.8 Å². The number of hydrogen-bond acceptors (Lipinski definition) is 2. The number of nitrogens with zero attached hydrogens (tertiary/aromatic N) is 2. The third-order valence-electron chi connectivity index (χ3n) is 5.54. The van der Waals surface area contributed by atoms with Crippen molar-refractivity contribution in [1.82, 2.24) is 0 Å². The number of anilines is 1. The standard InChI is InChI=1S/C25H27N2O/c1-3-26(4-2)20-15-13-19(14-16-20)25-21-9-5-7-11-23(21)27(17-18-28)24-12-8-6-10-22(24)25/h5-16,28H,3-4,17-18H2,1-2H3/q+1. The highest BCUT2D eigenvalue weighted by atomic mass is 16.3. The SMILES string of the molecule is CCN(CC)c1ccc(-c2c3ccccc3[n+](CCO)c3ccccc23)cc1. The van der Waals surface area contributed by atoms with Gasteiger partial charge in [-0.3, -0.25) is 0 Å². The van der Waals surface area contributed by atoms with Gasteiger partial charge in [-0.25, -0.2) is 0 Å². The zero-order chi connectivity index (χ0) is 19.5. The molecule has 142 valence electrons. The van der Waals surface area contributed by atoms with Crippen LogP contribution in [0.5, 0.6) is 0 Å². The Balaban J connectivity index is 1.99. The molecule has 1 heterocycles. The molecule has 1 aromatic heterocycles. The van der Waals surface area contributed by atoms with Crippen molar-refractivity contribution in [2.75, 3.05) is 24.6 Å². The molecule has 0 spiro atoms. The van der Waals surface area contributed by atoms with Crippen molar-refractivity contribution in [2.24, 2.45) is 0 Å². The van der Waals surface area contributed by atoms with Gasteiger partial charge in [-0.05, 0) is 43.7 Å². The maximum atomic E-state index is 9.63. The molecule has 0 atom stereocenters. The summed E-state index contributed by atoms with van der Waals surface area (Å²) in [6.07, 6.45) is 0. The molecule has 0 bridgehead atoms. The number of aliphatic hydroxyl groups excluding tert-OH is 1. The van der Waals surface area contributed by atoms with Crippen molar-refractivity contribution in [3.8, 4) is 11.1 Å². The highest BCUT2D eigenvalue weighted by Crippen LogP contribution is 2.34. The lowest BCUT2D eigenvalue weighted by Crippen LogP contribution is -2.37. The Morgan fingerprint density at radius 2 is 1.29 bits per heavy atom. The molecule has 3 nitrogen and oxygen atoms in total. The second-order valence-electron chi connectivity index (χ2n) is 7.00. The van der Waals surface area contributed by atoms with Crippen molar-refractivity contribution in [3.63, 3.8) is 0 Å². The number of hydrogen-bond donors (Lipinski definition) is 1. The molecule has 3 aromatic carbocycles. The Labute approximate surface area is 166 Å². The van der Waals surface area contributed by atoms with Gasteiger partial charge in [0, 0.05) is 36.5 Å². The van der Waals surface area contributed by atoms with Crippen molar-refractivity contribution in [2.45, 2.75) is 20.4 Å². The predicted octanol–water partition coefficient (Wildman–Crippen LogP) is 4.79. The van der Waals surface area contributed by atoms with Gasteiger partial charge in [-0.15, -0.1) is 0 Å². The van der Waals surface area contributed by atoms with Crippen LogP contribution in [0.2, 0.25) is 0 Å². The molecule has 0 amide bonds. The highest BCUT2D eigenvalue weighted by molar-refractivity contribution is 6.07. The number of aromatic nitrogens is 1. The molecular weight excluding hydrogens is 344 g/mol. The van der Waals surface area contributed by atoms with Crippen LogP contribution < -0.4 is 9.47 Å². The summed E-state index contributed by atoms with van der Waals surface area (Å²) >= 11 is 0. The van der Waals surface area contributed by atoms with Crippen LogP contribution in [0.3, 0.4) is 0 Å². The van der Waals surface area contributed by atoms with Crippen LogP contribution in [0.4, 0.5) is 5.69 Å². The molecule has 0 saturated carbocycles. The monoisotopic (exact) mass is 371 g/mol. The van der Waals surface area contributed by atoms with Gasteiger partial charge in [0.15, 0.2) is 6.54 Å². The van der Waals surface area contributed by atoms with Crippen molar-refractivity contribution in [3.05, 3.63) is 72.8 Å². The van der Waals surface area contributed by atoms with Crippen LogP contribution >= 0.6 is 0 Å². The summed E-state index contributed by atoms with van der Waals surface area (Å²) in [7, 11) is 0. The van der Waals surface area contributed by atoms with Gasteiger partial charge < -0.3 is 10.0 Å². The molecule has 0 aliphatic heterocycles. The largest absolute Gasteiger partial charge is 0.390 e. The van der Waals surface area contributed by atoms with E-state index in [1.165, 1.54) is 27.6 Å². The number of pyridine rings is 1. The molecule has 4 aromatic rings. The molecule has 28 heavy (non-hydrogen) atoms. The Bertz CT molecular complexity index is 1040.